The van der Waals surface area contributed by atoms with Crippen LogP contribution in [-0.2, 0) is 15.4 Å². The SMILES string of the molecule is Cc1noc(C)c1S(=O)(=O)N1CCCC1c1ccc(C(C)(C)C)cc1. The Morgan fingerprint density at radius 3 is 2.32 bits per heavy atom. The Morgan fingerprint density at radius 1 is 1.16 bits per heavy atom. The average molecular weight is 362 g/mol. The number of rotatable bonds is 3. The zero-order valence-electron chi connectivity index (χ0n) is 15.5. The van der Waals surface area contributed by atoms with Gasteiger partial charge >= 0.3 is 0 Å². The molecule has 6 heteroatoms. The fourth-order valence-corrected chi connectivity index (χ4v) is 5.50. The van der Waals surface area contributed by atoms with Gasteiger partial charge in [0, 0.05) is 6.54 Å². The molecule has 0 aliphatic carbocycles. The highest BCUT2D eigenvalue weighted by Crippen LogP contribution is 2.38. The number of hydrogen-bond acceptors (Lipinski definition) is 4. The van der Waals surface area contributed by atoms with Gasteiger partial charge in [-0.2, -0.15) is 4.31 Å². The number of benzene rings is 1. The summed E-state index contributed by atoms with van der Waals surface area (Å²) in [4.78, 5) is 0.214. The topological polar surface area (TPSA) is 63.4 Å². The van der Waals surface area contributed by atoms with Crippen molar-refractivity contribution in [1.29, 1.82) is 0 Å². The van der Waals surface area contributed by atoms with Crippen LogP contribution in [0.4, 0.5) is 0 Å². The second-order valence-electron chi connectivity index (χ2n) is 7.80. The molecule has 1 aromatic carbocycles. The summed E-state index contributed by atoms with van der Waals surface area (Å²) < 4.78 is 33.0. The van der Waals surface area contributed by atoms with Crippen molar-refractivity contribution in [2.75, 3.05) is 6.54 Å². The third-order valence-corrected chi connectivity index (χ3v) is 7.05. The van der Waals surface area contributed by atoms with E-state index in [9.17, 15) is 8.42 Å². The molecule has 1 aliphatic heterocycles. The van der Waals surface area contributed by atoms with Crippen LogP contribution < -0.4 is 0 Å². The molecular formula is C19H26N2O3S. The lowest BCUT2D eigenvalue weighted by atomic mass is 9.86. The van der Waals surface area contributed by atoms with E-state index in [0.717, 1.165) is 18.4 Å². The van der Waals surface area contributed by atoms with Crippen molar-refractivity contribution >= 4 is 10.0 Å². The van der Waals surface area contributed by atoms with E-state index in [0.29, 0.717) is 18.0 Å². The van der Waals surface area contributed by atoms with Crippen LogP contribution in [0, 0.1) is 13.8 Å². The summed E-state index contributed by atoms with van der Waals surface area (Å²) >= 11 is 0. The van der Waals surface area contributed by atoms with Crippen molar-refractivity contribution in [2.45, 2.75) is 63.8 Å². The van der Waals surface area contributed by atoms with Gasteiger partial charge in [0.1, 0.15) is 10.6 Å². The van der Waals surface area contributed by atoms with Gasteiger partial charge in [-0.1, -0.05) is 50.2 Å². The molecule has 1 fully saturated rings. The van der Waals surface area contributed by atoms with E-state index in [1.807, 2.05) is 0 Å². The maximum absolute atomic E-state index is 13.2. The van der Waals surface area contributed by atoms with Crippen LogP contribution in [0.2, 0.25) is 0 Å². The predicted molar refractivity (Wildman–Crippen MR) is 97.0 cm³/mol. The summed E-state index contributed by atoms with van der Waals surface area (Å²) in [5.74, 6) is 0.353. The monoisotopic (exact) mass is 362 g/mol. The molecule has 2 aromatic rings. The molecule has 136 valence electrons. The van der Waals surface area contributed by atoms with E-state index in [2.05, 4.69) is 50.2 Å². The first kappa shape index (κ1) is 18.1. The van der Waals surface area contributed by atoms with Crippen molar-refractivity contribution < 1.29 is 12.9 Å². The van der Waals surface area contributed by atoms with Crippen molar-refractivity contribution in [1.82, 2.24) is 9.46 Å². The van der Waals surface area contributed by atoms with Crippen LogP contribution in [0.15, 0.2) is 33.7 Å². The van der Waals surface area contributed by atoms with Crippen molar-refractivity contribution in [2.24, 2.45) is 0 Å². The number of nitrogens with zero attached hydrogens (tertiary/aromatic N) is 2. The molecule has 1 saturated heterocycles. The smallest absolute Gasteiger partial charge is 0.249 e. The Kier molecular flexibility index (Phi) is 4.54. The van der Waals surface area contributed by atoms with Gasteiger partial charge in [-0.15, -0.1) is 0 Å². The Bertz CT molecular complexity index is 842. The van der Waals surface area contributed by atoms with Gasteiger partial charge in [0.05, 0.1) is 6.04 Å². The molecular weight excluding hydrogens is 336 g/mol. The average Bonchev–Trinajstić information content (AvgIpc) is 3.14. The van der Waals surface area contributed by atoms with Crippen LogP contribution >= 0.6 is 0 Å². The number of aryl methyl sites for hydroxylation is 2. The zero-order chi connectivity index (χ0) is 18.4. The van der Waals surface area contributed by atoms with Crippen LogP contribution in [0.1, 0.15) is 62.2 Å². The van der Waals surface area contributed by atoms with Crippen LogP contribution in [0.3, 0.4) is 0 Å². The lowest BCUT2D eigenvalue weighted by Crippen LogP contribution is -2.31. The molecule has 0 spiro atoms. The number of sulfonamides is 1. The van der Waals surface area contributed by atoms with E-state index < -0.39 is 10.0 Å². The summed E-state index contributed by atoms with van der Waals surface area (Å²) in [5.41, 5.74) is 2.79. The quantitative estimate of drug-likeness (QED) is 0.824. The standard InChI is InChI=1S/C19H26N2O3S/c1-13-18(14(2)24-20-13)25(22,23)21-12-6-7-17(21)15-8-10-16(11-9-15)19(3,4)5/h8-11,17H,6-7,12H2,1-5H3. The molecule has 0 saturated carbocycles. The van der Waals surface area contributed by atoms with E-state index in [1.165, 1.54) is 5.56 Å². The largest absolute Gasteiger partial charge is 0.360 e. The molecule has 1 unspecified atom stereocenters. The van der Waals surface area contributed by atoms with Crippen LogP contribution in [-0.4, -0.2) is 24.4 Å². The van der Waals surface area contributed by atoms with Crippen molar-refractivity contribution in [3.63, 3.8) is 0 Å². The van der Waals surface area contributed by atoms with Gasteiger partial charge < -0.3 is 4.52 Å². The van der Waals surface area contributed by atoms with Gasteiger partial charge in [-0.25, -0.2) is 8.42 Å². The Hall–Kier alpha value is -1.66. The highest BCUT2D eigenvalue weighted by Gasteiger charge is 2.39. The van der Waals surface area contributed by atoms with Gasteiger partial charge in [0.2, 0.25) is 10.0 Å². The number of hydrogen-bond donors (Lipinski definition) is 0. The molecule has 3 rings (SSSR count). The summed E-state index contributed by atoms with van der Waals surface area (Å²) in [6.45, 7) is 10.4. The molecule has 0 bridgehead atoms. The second-order valence-corrected chi connectivity index (χ2v) is 9.63. The summed E-state index contributed by atoms with van der Waals surface area (Å²) in [6.07, 6.45) is 1.69. The predicted octanol–water partition coefficient (Wildman–Crippen LogP) is 4.11. The third kappa shape index (κ3) is 3.25. The normalized spacial score (nSPS) is 19.5. The Balaban J connectivity index is 1.96. The molecule has 5 nitrogen and oxygen atoms in total. The van der Waals surface area contributed by atoms with E-state index in [1.54, 1.807) is 18.2 Å². The summed E-state index contributed by atoms with van der Waals surface area (Å²) in [7, 11) is -3.62. The highest BCUT2D eigenvalue weighted by molar-refractivity contribution is 7.89. The second kappa shape index (κ2) is 6.25. The Morgan fingerprint density at radius 2 is 1.80 bits per heavy atom. The maximum atomic E-state index is 13.2. The molecule has 1 aromatic heterocycles. The first-order valence-corrected chi connectivity index (χ1v) is 10.1. The van der Waals surface area contributed by atoms with Crippen LogP contribution in [0.25, 0.3) is 0 Å². The number of aromatic nitrogens is 1. The first-order valence-electron chi connectivity index (χ1n) is 8.67. The molecule has 0 radical (unpaired) electrons. The molecule has 1 atom stereocenters. The lowest BCUT2D eigenvalue weighted by Gasteiger charge is -2.25. The van der Waals surface area contributed by atoms with Crippen LogP contribution in [0.5, 0.6) is 0 Å². The van der Waals surface area contributed by atoms with E-state index >= 15 is 0 Å². The third-order valence-electron chi connectivity index (χ3n) is 4.90. The van der Waals surface area contributed by atoms with Crippen molar-refractivity contribution in [3.8, 4) is 0 Å². The van der Waals surface area contributed by atoms with Gasteiger partial charge in [0.25, 0.3) is 0 Å². The lowest BCUT2D eigenvalue weighted by molar-refractivity contribution is 0.384. The Labute approximate surface area is 150 Å². The van der Waals surface area contributed by atoms with Gasteiger partial charge in [-0.3, -0.25) is 0 Å². The molecule has 2 heterocycles. The molecule has 1 aliphatic rings. The van der Waals surface area contributed by atoms with E-state index in [-0.39, 0.29) is 16.4 Å². The molecule has 25 heavy (non-hydrogen) atoms. The first-order chi connectivity index (χ1) is 11.6. The fourth-order valence-electron chi connectivity index (χ4n) is 3.53. The minimum Gasteiger partial charge on any atom is -0.360 e. The highest BCUT2D eigenvalue weighted by atomic mass is 32.2. The minimum atomic E-state index is -3.62. The zero-order valence-corrected chi connectivity index (χ0v) is 16.4. The van der Waals surface area contributed by atoms with E-state index in [4.69, 9.17) is 4.52 Å². The van der Waals surface area contributed by atoms with Crippen molar-refractivity contribution in [3.05, 3.63) is 46.8 Å². The molecule has 0 N–H and O–H groups in total. The maximum Gasteiger partial charge on any atom is 0.249 e. The minimum absolute atomic E-state index is 0.0800. The van der Waals surface area contributed by atoms with Gasteiger partial charge in [0.15, 0.2) is 5.76 Å². The fraction of sp³-hybridized carbons (Fsp3) is 0.526. The summed E-state index contributed by atoms with van der Waals surface area (Å²) in [5, 5.41) is 3.81. The summed E-state index contributed by atoms with van der Waals surface area (Å²) in [6, 6.07) is 8.20. The van der Waals surface area contributed by atoms with Gasteiger partial charge in [-0.05, 0) is 43.2 Å². The molecule has 0 amide bonds.